The van der Waals surface area contributed by atoms with Crippen molar-refractivity contribution in [2.24, 2.45) is 0 Å². The summed E-state index contributed by atoms with van der Waals surface area (Å²) in [7, 11) is 0. The van der Waals surface area contributed by atoms with Crippen LogP contribution in [0.5, 0.6) is 0 Å². The van der Waals surface area contributed by atoms with Crippen LogP contribution >= 0.6 is 0 Å². The van der Waals surface area contributed by atoms with E-state index in [1.165, 1.54) is 0 Å². The van der Waals surface area contributed by atoms with E-state index in [0.717, 1.165) is 25.7 Å². The summed E-state index contributed by atoms with van der Waals surface area (Å²) in [5, 5.41) is 0. The number of rotatable bonds is 9. The number of hydrogen-bond acceptors (Lipinski definition) is 3. The van der Waals surface area contributed by atoms with Gasteiger partial charge < -0.3 is 0 Å². The molecule has 0 aromatic carbocycles. The van der Waals surface area contributed by atoms with E-state index in [-0.39, 0.29) is 5.97 Å². The second-order valence-corrected chi connectivity index (χ2v) is 3.40. The van der Waals surface area contributed by atoms with Crippen LogP contribution in [0.4, 0.5) is 0 Å². The number of carbonyl (C=O) groups is 1. The van der Waals surface area contributed by atoms with E-state index in [2.05, 4.69) is 30.0 Å². The topological polar surface area (TPSA) is 35.5 Å². The predicted octanol–water partition coefficient (Wildman–Crippen LogP) is 3.56. The molecule has 0 aliphatic rings. The summed E-state index contributed by atoms with van der Waals surface area (Å²) in [6.45, 7) is 4.45. The van der Waals surface area contributed by atoms with Gasteiger partial charge in [0.25, 0.3) is 0 Å². The zero-order valence-corrected chi connectivity index (χ0v) is 10.3. The summed E-state index contributed by atoms with van der Waals surface area (Å²) < 4.78 is 0. The van der Waals surface area contributed by atoms with E-state index in [9.17, 15) is 4.79 Å². The number of hydrogen-bond donors (Lipinski definition) is 0. The lowest BCUT2D eigenvalue weighted by Crippen LogP contribution is -2.05. The van der Waals surface area contributed by atoms with Crippen LogP contribution in [0.2, 0.25) is 0 Å². The highest BCUT2D eigenvalue weighted by Gasteiger charge is 2.00. The average molecular weight is 226 g/mol. The van der Waals surface area contributed by atoms with Crippen LogP contribution in [0.3, 0.4) is 0 Å². The molecule has 0 unspecified atom stereocenters. The summed E-state index contributed by atoms with van der Waals surface area (Å²) in [5.74, 6) is -0.294. The Bertz CT molecular complexity index is 219. The molecule has 0 rings (SSSR count). The molecular weight excluding hydrogens is 204 g/mol. The van der Waals surface area contributed by atoms with Gasteiger partial charge in [-0.05, 0) is 25.7 Å². The fraction of sp³-hybridized carbons (Fsp3) is 0.615. The number of allylic oxidation sites excluding steroid dienone is 3. The van der Waals surface area contributed by atoms with E-state index in [4.69, 9.17) is 4.89 Å². The summed E-state index contributed by atoms with van der Waals surface area (Å²) in [6, 6.07) is 0. The van der Waals surface area contributed by atoms with Crippen LogP contribution in [0.1, 0.15) is 46.0 Å². The van der Waals surface area contributed by atoms with Crippen molar-refractivity contribution in [1.29, 1.82) is 0 Å². The van der Waals surface area contributed by atoms with Crippen molar-refractivity contribution in [3.05, 3.63) is 24.3 Å². The van der Waals surface area contributed by atoms with Crippen LogP contribution in [0.15, 0.2) is 24.3 Å². The maximum atomic E-state index is 10.9. The Kier molecular flexibility index (Phi) is 11.2. The van der Waals surface area contributed by atoms with Crippen LogP contribution in [0, 0.1) is 0 Å². The summed E-state index contributed by atoms with van der Waals surface area (Å²) >= 11 is 0. The molecule has 16 heavy (non-hydrogen) atoms. The van der Waals surface area contributed by atoms with Crippen molar-refractivity contribution in [2.45, 2.75) is 46.0 Å². The molecule has 0 fully saturated rings. The highest BCUT2D eigenvalue weighted by molar-refractivity contribution is 5.68. The standard InChI is InChI=1S/C13H22O3/c1-3-5-6-7-8-9-10-12-15-16-13(14)11-4-2/h5-6,8-9H,3-4,7,10-12H2,1-2H3. The Hall–Kier alpha value is -1.09. The Balaban J connectivity index is 3.26. The molecule has 92 valence electrons. The second-order valence-electron chi connectivity index (χ2n) is 3.40. The molecule has 0 atom stereocenters. The molecule has 3 nitrogen and oxygen atoms in total. The van der Waals surface area contributed by atoms with E-state index >= 15 is 0 Å². The molecule has 0 radical (unpaired) electrons. The van der Waals surface area contributed by atoms with Gasteiger partial charge in [-0.3, -0.25) is 4.89 Å². The van der Waals surface area contributed by atoms with Gasteiger partial charge in [-0.1, -0.05) is 38.2 Å². The van der Waals surface area contributed by atoms with E-state index in [1.807, 2.05) is 13.0 Å². The van der Waals surface area contributed by atoms with Crippen LogP contribution in [0.25, 0.3) is 0 Å². The lowest BCUT2D eigenvalue weighted by Gasteiger charge is -2.00. The van der Waals surface area contributed by atoms with Gasteiger partial charge in [-0.2, -0.15) is 4.89 Å². The minimum Gasteiger partial charge on any atom is -0.298 e. The van der Waals surface area contributed by atoms with E-state index in [1.54, 1.807) is 0 Å². The third-order valence-electron chi connectivity index (χ3n) is 1.82. The fourth-order valence-corrected chi connectivity index (χ4v) is 1.02. The highest BCUT2D eigenvalue weighted by atomic mass is 17.2. The van der Waals surface area contributed by atoms with Crippen LogP contribution in [-0.4, -0.2) is 12.6 Å². The van der Waals surface area contributed by atoms with Gasteiger partial charge in [-0.15, -0.1) is 0 Å². The fourth-order valence-electron chi connectivity index (χ4n) is 1.02. The van der Waals surface area contributed by atoms with Crippen molar-refractivity contribution in [1.82, 2.24) is 0 Å². The molecule has 0 aliphatic heterocycles. The van der Waals surface area contributed by atoms with Crippen molar-refractivity contribution in [2.75, 3.05) is 6.61 Å². The van der Waals surface area contributed by atoms with Gasteiger partial charge >= 0.3 is 5.97 Å². The first-order valence-electron chi connectivity index (χ1n) is 5.93. The highest BCUT2D eigenvalue weighted by Crippen LogP contribution is 1.95. The van der Waals surface area contributed by atoms with Crippen LogP contribution in [-0.2, 0) is 14.6 Å². The minimum absolute atomic E-state index is 0.294. The molecule has 0 bridgehead atoms. The molecule has 0 aromatic rings. The van der Waals surface area contributed by atoms with Crippen molar-refractivity contribution in [3.8, 4) is 0 Å². The molecule has 0 aromatic heterocycles. The van der Waals surface area contributed by atoms with E-state index in [0.29, 0.717) is 13.0 Å². The first-order valence-corrected chi connectivity index (χ1v) is 5.93. The maximum Gasteiger partial charge on any atom is 0.342 e. The lowest BCUT2D eigenvalue weighted by atomic mass is 10.3. The molecule has 0 saturated heterocycles. The monoisotopic (exact) mass is 226 g/mol. The van der Waals surface area contributed by atoms with Gasteiger partial charge in [0.15, 0.2) is 0 Å². The third kappa shape index (κ3) is 11.0. The van der Waals surface area contributed by atoms with Crippen LogP contribution < -0.4 is 0 Å². The van der Waals surface area contributed by atoms with Gasteiger partial charge in [0, 0.05) is 6.42 Å². The van der Waals surface area contributed by atoms with Gasteiger partial charge in [0.2, 0.25) is 0 Å². The zero-order valence-electron chi connectivity index (χ0n) is 10.3. The average Bonchev–Trinajstić information content (AvgIpc) is 2.27. The molecule has 0 spiro atoms. The largest absolute Gasteiger partial charge is 0.342 e. The van der Waals surface area contributed by atoms with Gasteiger partial charge in [0.1, 0.15) is 0 Å². The van der Waals surface area contributed by atoms with Gasteiger partial charge in [-0.25, -0.2) is 4.79 Å². The smallest absolute Gasteiger partial charge is 0.298 e. The molecule has 0 aliphatic carbocycles. The summed E-state index contributed by atoms with van der Waals surface area (Å²) in [5.41, 5.74) is 0. The molecule has 0 heterocycles. The van der Waals surface area contributed by atoms with Crippen molar-refractivity contribution in [3.63, 3.8) is 0 Å². The molecule has 0 amide bonds. The van der Waals surface area contributed by atoms with Crippen molar-refractivity contribution >= 4 is 5.97 Å². The predicted molar refractivity (Wildman–Crippen MR) is 64.8 cm³/mol. The molecule has 0 saturated carbocycles. The Morgan fingerprint density at radius 1 is 1.12 bits per heavy atom. The maximum absolute atomic E-state index is 10.9. The van der Waals surface area contributed by atoms with Crippen molar-refractivity contribution < 1.29 is 14.6 Å². The molecule has 0 N–H and O–H groups in total. The first-order chi connectivity index (χ1) is 7.81. The normalized spacial score (nSPS) is 11.4. The quantitative estimate of drug-likeness (QED) is 0.261. The Morgan fingerprint density at radius 3 is 2.56 bits per heavy atom. The number of carbonyl (C=O) groups excluding carboxylic acids is 1. The third-order valence-corrected chi connectivity index (χ3v) is 1.82. The van der Waals surface area contributed by atoms with Gasteiger partial charge in [0.05, 0.1) is 6.61 Å². The minimum atomic E-state index is -0.294. The lowest BCUT2D eigenvalue weighted by molar-refractivity contribution is -0.271. The second kappa shape index (κ2) is 12.0. The Morgan fingerprint density at radius 2 is 1.88 bits per heavy atom. The molecule has 3 heteroatoms. The Labute approximate surface area is 98.1 Å². The zero-order chi connectivity index (χ0) is 12.1. The summed E-state index contributed by atoms with van der Waals surface area (Å²) in [6.07, 6.45) is 12.3. The first kappa shape index (κ1) is 14.9. The summed E-state index contributed by atoms with van der Waals surface area (Å²) in [4.78, 5) is 20.2. The SMILES string of the molecule is CCC=CCC=CCCOOC(=O)CCC. The van der Waals surface area contributed by atoms with E-state index < -0.39 is 0 Å². The molecular formula is C13H22O3.